The molecule has 34 heteroatoms. The number of carbonyl (C=O) groups excluding carboxylic acids is 11. The van der Waals surface area contributed by atoms with E-state index >= 15 is 0 Å². The van der Waals surface area contributed by atoms with Gasteiger partial charge in [-0.1, -0.05) is 133 Å². The van der Waals surface area contributed by atoms with Crippen LogP contribution in [0.3, 0.4) is 0 Å². The minimum atomic E-state index is -0.787. The number of nitrogens with zero attached hydrogens (tertiary/aromatic N) is 3. The fourth-order valence-corrected chi connectivity index (χ4v) is 13.1. The van der Waals surface area contributed by atoms with E-state index in [4.69, 9.17) is 19.7 Å². The summed E-state index contributed by atoms with van der Waals surface area (Å²) in [6.07, 6.45) is 25.1. The number of carbonyl (C=O) groups is 12. The molecule has 10 atom stereocenters. The molecular formula is C91H165ClN14O19. The Labute approximate surface area is 751 Å². The first-order chi connectivity index (χ1) is 59.2. The van der Waals surface area contributed by atoms with Gasteiger partial charge in [-0.25, -0.2) is 14.2 Å². The number of aliphatic carboxylic acids is 1. The zero-order valence-electron chi connectivity index (χ0n) is 79.4. The fourth-order valence-electron chi connectivity index (χ4n) is 13.1. The van der Waals surface area contributed by atoms with Crippen molar-refractivity contribution >= 4 is 105 Å². The van der Waals surface area contributed by atoms with E-state index in [2.05, 4.69) is 85.0 Å². The van der Waals surface area contributed by atoms with Gasteiger partial charge in [-0.2, -0.15) is 0 Å². The highest BCUT2D eigenvalue weighted by molar-refractivity contribution is 6.15. The number of rotatable bonds is 66. The molecule has 33 nitrogen and oxygen atoms in total. The Bertz CT molecular complexity index is 3370. The summed E-state index contributed by atoms with van der Waals surface area (Å²) in [5.74, 6) is -1.80. The molecule has 0 aliphatic heterocycles. The quantitative estimate of drug-likeness (QED) is 0.0127. The Kier molecular flexibility index (Phi) is 67.8. The van der Waals surface area contributed by atoms with Crippen molar-refractivity contribution in [3.63, 3.8) is 0 Å². The lowest BCUT2D eigenvalue weighted by Crippen LogP contribution is -2.33. The molecule has 0 saturated heterocycles. The van der Waals surface area contributed by atoms with E-state index in [0.717, 1.165) is 193 Å². The Morgan fingerprint density at radius 1 is 0.352 bits per heavy atom. The first-order valence-corrected chi connectivity index (χ1v) is 46.9. The number of aliphatic hydroxyl groups is 1. The molecule has 0 aliphatic rings. The molecule has 0 fully saturated rings. The van der Waals surface area contributed by atoms with Gasteiger partial charge in [0.15, 0.2) is 5.52 Å². The molecule has 0 saturated carbocycles. The molecule has 720 valence electrons. The fraction of sp³-hybridized carbons (Fsp3) is 0.802. The number of hydrogen-bond donors (Lipinski definition) is 13. The summed E-state index contributed by atoms with van der Waals surface area (Å²) in [5.41, 5.74) is -0.326. The van der Waals surface area contributed by atoms with E-state index in [1.165, 1.54) is 12.4 Å². The Morgan fingerprint density at radius 3 is 0.808 bits per heavy atom. The van der Waals surface area contributed by atoms with Gasteiger partial charge in [-0.3, -0.25) is 58.1 Å². The van der Waals surface area contributed by atoms with E-state index in [-0.39, 0.29) is 129 Å². The maximum absolute atomic E-state index is 12.7. The number of alkyl carbamates (subject to hydrolysis) is 2. The number of carboxylic acid groups (broad SMARTS) is 1. The Hall–Kier alpha value is -8.49. The number of non-ortho nitro benzene ring substituents is 1. The van der Waals surface area contributed by atoms with Crippen LogP contribution >= 0.6 is 11.6 Å². The third-order valence-corrected chi connectivity index (χ3v) is 21.4. The second-order valence-corrected chi connectivity index (χ2v) is 35.3. The number of ether oxygens (including phenoxy) is 2. The highest BCUT2D eigenvalue weighted by Gasteiger charge is 2.25. The van der Waals surface area contributed by atoms with Crippen LogP contribution in [0, 0.1) is 69.3 Å². The molecule has 1 aromatic carbocycles. The monoisotopic (exact) mass is 1790 g/mol. The molecule has 2 aromatic rings. The van der Waals surface area contributed by atoms with E-state index < -0.39 is 34.3 Å². The number of nitro benzene ring substituents is 1. The number of benzene rings is 1. The van der Waals surface area contributed by atoms with Gasteiger partial charge in [0, 0.05) is 151 Å². The third-order valence-electron chi connectivity index (χ3n) is 21.4. The average molecular weight is 1790 g/mol. The molecule has 0 spiro atoms. The van der Waals surface area contributed by atoms with Gasteiger partial charge in [-0.05, 0) is 193 Å². The van der Waals surface area contributed by atoms with Crippen molar-refractivity contribution in [1.82, 2.24) is 63.5 Å². The smallest absolute Gasteiger partial charge is 0.407 e. The molecule has 125 heavy (non-hydrogen) atoms. The van der Waals surface area contributed by atoms with Crippen molar-refractivity contribution in [2.75, 3.05) is 90.8 Å². The molecule has 10 amide bonds. The SMILES string of the molecule is CCl.CO.C[C@@H](CCCCNC(=O)[C@@H](C)CCCCNC(=O)[C@@H](C)CCCCNC(=O)[C@@H](C)CCCCNC(=O)[C@@H](C)CCCCNC(=O)OC(C)(C)C)C(=O)CCCNc1ccc([N+](=O)[O-])c2nonc12.C[C@@H](CCCCNC(=O)[C@@H](C)CCCCNC(=O)[C@@H](C)CCCCNC(=O)[C@@H](C)CCCCNC(=O)[C@@H](C)CCCCNC(=O)OC(C)(C)C)C(=O)O. The number of aromatic nitrogens is 2. The van der Waals surface area contributed by atoms with Crippen molar-refractivity contribution in [2.45, 2.75) is 327 Å². The number of ketones is 1. The molecule has 1 heterocycles. The van der Waals surface area contributed by atoms with Crippen molar-refractivity contribution < 1.29 is 86.8 Å². The number of halogens is 1. The highest BCUT2D eigenvalue weighted by atomic mass is 35.5. The summed E-state index contributed by atoms with van der Waals surface area (Å²) in [5, 5.41) is 67.1. The summed E-state index contributed by atoms with van der Waals surface area (Å²) in [4.78, 5) is 157. The number of Topliss-reactive ketones (excluding diaryl/α,β-unsaturated/α-hetero) is 1. The zero-order valence-corrected chi connectivity index (χ0v) is 80.1. The molecule has 2 rings (SSSR count). The van der Waals surface area contributed by atoms with Gasteiger partial charge in [0.05, 0.1) is 16.5 Å². The number of nitrogens with one attached hydrogen (secondary N) is 11. The van der Waals surface area contributed by atoms with E-state index in [1.54, 1.807) is 13.0 Å². The van der Waals surface area contributed by atoms with Gasteiger partial charge in [0.1, 0.15) is 17.0 Å². The minimum Gasteiger partial charge on any atom is -0.481 e. The highest BCUT2D eigenvalue weighted by Crippen LogP contribution is 2.29. The predicted molar refractivity (Wildman–Crippen MR) is 491 cm³/mol. The summed E-state index contributed by atoms with van der Waals surface area (Å²) in [6, 6.07) is 2.90. The van der Waals surface area contributed by atoms with Crippen molar-refractivity contribution in [2.24, 2.45) is 59.2 Å². The predicted octanol–water partition coefficient (Wildman–Crippen LogP) is 14.5. The van der Waals surface area contributed by atoms with E-state index in [1.807, 2.05) is 104 Å². The third kappa shape index (κ3) is 61.5. The molecular weight excluding hydrogens is 1630 g/mol. The number of anilines is 1. The molecule has 0 aliphatic carbocycles. The van der Waals surface area contributed by atoms with Crippen LogP contribution in [0.4, 0.5) is 21.0 Å². The van der Waals surface area contributed by atoms with E-state index in [0.29, 0.717) is 96.9 Å². The van der Waals surface area contributed by atoms with Crippen LogP contribution in [0.1, 0.15) is 316 Å². The number of carboxylic acids is 1. The van der Waals surface area contributed by atoms with E-state index in [9.17, 15) is 67.6 Å². The maximum Gasteiger partial charge on any atom is 0.407 e. The lowest BCUT2D eigenvalue weighted by molar-refractivity contribution is -0.383. The number of aliphatic hydroxyl groups excluding tert-OH is 1. The van der Waals surface area contributed by atoms with Crippen molar-refractivity contribution in [1.29, 1.82) is 0 Å². The lowest BCUT2D eigenvalue weighted by Gasteiger charge is -2.19. The van der Waals surface area contributed by atoms with Crippen molar-refractivity contribution in [3.05, 3.63) is 22.2 Å². The van der Waals surface area contributed by atoms with Gasteiger partial charge in [0.25, 0.3) is 0 Å². The van der Waals surface area contributed by atoms with Gasteiger partial charge >= 0.3 is 23.8 Å². The number of amides is 10. The average Bonchev–Trinajstić information content (AvgIpc) is 1.68. The van der Waals surface area contributed by atoms with Crippen LogP contribution < -0.4 is 58.5 Å². The standard InChI is InChI=1S/C49H83N9O10.C40H75N5O8.CH3Cl.CH4O/c1-34(41(59)25-19-33-50-39-26-27-40(58(65)66)43-42(39)56-68-57-43)20-9-14-28-51-44(60)35(2)21-10-15-29-52-45(61)36(3)22-11-16-30-53-46(62)37(4)23-12-17-31-54-47(63)38(5)24-13-18-32-55-48(64)67-49(6,7)8;1-29(34(46)42-25-15-11-21-31(3)36(48)44-27-17-13-23-33(5)38(50)51)19-9-14-24-41-35(47)30(2)20-10-16-26-43-37(49)32(4)22-12-18-28-45-39(52)53-40(6,7)8;2*1-2/h26-27,34-38,50H,9-25,28-33H2,1-8H3,(H,51,60)(H,52,61)(H,53,62)(H,54,63)(H,55,64);29-33H,9-28H2,1-8H3,(H,41,47)(H,42,46)(H,43,49)(H,44,48)(H,45,52)(H,50,51);1H3;2H,1H3/t34-,35-,36-,37-,38-;29-,30-,31-,32-,33-;;/m00../s1. The number of unbranched alkanes of at least 4 members (excludes halogenated alkanes) is 10. The first kappa shape index (κ1) is 119. The van der Waals surface area contributed by atoms with Crippen LogP contribution in [0.2, 0.25) is 0 Å². The summed E-state index contributed by atoms with van der Waals surface area (Å²) in [7, 11) is 1.00. The van der Waals surface area contributed by atoms with Crippen LogP contribution in [-0.2, 0) is 57.4 Å². The molecule has 0 radical (unpaired) electrons. The van der Waals surface area contributed by atoms with Gasteiger partial charge < -0.3 is 78.2 Å². The van der Waals surface area contributed by atoms with Crippen LogP contribution in [0.25, 0.3) is 11.0 Å². The number of nitro groups is 1. The topological polar surface area (TPSA) is 478 Å². The summed E-state index contributed by atoms with van der Waals surface area (Å²) >= 11 is 4.64. The number of hydrogen-bond acceptors (Lipinski definition) is 21. The zero-order chi connectivity index (χ0) is 94.7. The maximum atomic E-state index is 12.7. The second kappa shape index (κ2) is 71.5. The first-order valence-electron chi connectivity index (χ1n) is 46.1. The van der Waals surface area contributed by atoms with Gasteiger partial charge in [0.2, 0.25) is 52.8 Å². The van der Waals surface area contributed by atoms with Crippen LogP contribution in [0.15, 0.2) is 16.8 Å². The summed E-state index contributed by atoms with van der Waals surface area (Å²) in [6.45, 7) is 35.9. The van der Waals surface area contributed by atoms with Gasteiger partial charge in [-0.15, -0.1) is 11.6 Å². The molecule has 0 unspecified atom stereocenters. The number of fused-ring (bicyclic) bond motifs is 1. The Morgan fingerprint density at radius 2 is 0.576 bits per heavy atom. The molecule has 13 N–H and O–H groups in total. The summed E-state index contributed by atoms with van der Waals surface area (Å²) < 4.78 is 15.1. The molecule has 0 bridgehead atoms. The molecule has 1 aromatic heterocycles. The number of alkyl halides is 1. The van der Waals surface area contributed by atoms with Crippen LogP contribution in [-0.4, -0.2) is 193 Å². The largest absolute Gasteiger partial charge is 0.481 e. The lowest BCUT2D eigenvalue weighted by atomic mass is 9.96. The second-order valence-electron chi connectivity index (χ2n) is 35.3. The minimum absolute atomic E-state index is 0.0110. The van der Waals surface area contributed by atoms with Crippen LogP contribution in [0.5, 0.6) is 0 Å². The van der Waals surface area contributed by atoms with Crippen molar-refractivity contribution in [3.8, 4) is 0 Å². The Balaban J connectivity index is 0. The normalized spacial score (nSPS) is 13.5.